The van der Waals surface area contributed by atoms with Crippen molar-refractivity contribution in [3.63, 3.8) is 0 Å². The molecule has 1 fully saturated rings. The molecule has 2 heterocycles. The van der Waals surface area contributed by atoms with Crippen LogP contribution in [0.1, 0.15) is 34.6 Å². The summed E-state index contributed by atoms with van der Waals surface area (Å²) in [6.45, 7) is 4.86. The summed E-state index contributed by atoms with van der Waals surface area (Å²) in [6.07, 6.45) is -1.56. The smallest absolute Gasteiger partial charge is 0.416 e. The van der Waals surface area contributed by atoms with Gasteiger partial charge in [0.15, 0.2) is 5.88 Å². The molecular formula is C35H34F3N3O. The number of aromatic hydroxyl groups is 1. The first kappa shape index (κ1) is 27.9. The Balaban J connectivity index is 1.10. The van der Waals surface area contributed by atoms with E-state index in [1.54, 1.807) is 16.8 Å². The standard InChI is InChI=1S/C35H34F3N3O/c36-35(37,38)30-13-7-8-26(22-30)24-41-25-29-14-15-31(23-33(29)34(41)42)40-20-18-39(19-21-40)17-16-32(27-9-3-1-4-10-27)28-11-5-2-6-12-28/h1-15,22-23,25,32,42H,16-21,24H2. The van der Waals surface area contributed by atoms with Crippen molar-refractivity contribution in [1.82, 2.24) is 9.47 Å². The summed E-state index contributed by atoms with van der Waals surface area (Å²) in [5, 5.41) is 12.5. The molecule has 0 saturated carbocycles. The van der Waals surface area contributed by atoms with E-state index in [0.717, 1.165) is 62.4 Å². The van der Waals surface area contributed by atoms with E-state index >= 15 is 0 Å². The molecule has 1 aromatic heterocycles. The zero-order valence-corrected chi connectivity index (χ0v) is 23.3. The van der Waals surface area contributed by atoms with Crippen molar-refractivity contribution >= 4 is 16.5 Å². The molecule has 1 aliphatic rings. The number of benzene rings is 4. The minimum absolute atomic E-state index is 0.0655. The maximum Gasteiger partial charge on any atom is 0.416 e. The summed E-state index contributed by atoms with van der Waals surface area (Å²) in [5.74, 6) is 0.423. The maximum atomic E-state index is 13.2. The summed E-state index contributed by atoms with van der Waals surface area (Å²) in [4.78, 5) is 4.86. The number of piperazine rings is 1. The van der Waals surface area contributed by atoms with Crippen LogP contribution in [0.4, 0.5) is 18.9 Å². The minimum atomic E-state index is -4.40. The van der Waals surface area contributed by atoms with E-state index in [-0.39, 0.29) is 12.4 Å². The molecule has 1 N–H and O–H groups in total. The molecular weight excluding hydrogens is 535 g/mol. The fraction of sp³-hybridized carbons (Fsp3) is 0.257. The number of hydrogen-bond acceptors (Lipinski definition) is 3. The van der Waals surface area contributed by atoms with Gasteiger partial charge in [0.2, 0.25) is 0 Å². The zero-order valence-electron chi connectivity index (χ0n) is 23.3. The van der Waals surface area contributed by atoms with Gasteiger partial charge in [0.1, 0.15) is 0 Å². The van der Waals surface area contributed by atoms with Gasteiger partial charge in [-0.05, 0) is 53.9 Å². The molecule has 4 aromatic carbocycles. The first-order valence-corrected chi connectivity index (χ1v) is 14.4. The Kier molecular flexibility index (Phi) is 7.94. The fourth-order valence-corrected chi connectivity index (χ4v) is 6.03. The maximum absolute atomic E-state index is 13.2. The Hall–Kier alpha value is -4.23. The number of rotatable bonds is 8. The van der Waals surface area contributed by atoms with Gasteiger partial charge in [-0.3, -0.25) is 4.90 Å². The molecule has 0 amide bonds. The van der Waals surface area contributed by atoms with Crippen molar-refractivity contribution < 1.29 is 18.3 Å². The van der Waals surface area contributed by atoms with Gasteiger partial charge < -0.3 is 14.6 Å². The van der Waals surface area contributed by atoms with Crippen LogP contribution in [0.5, 0.6) is 5.88 Å². The first-order valence-electron chi connectivity index (χ1n) is 14.4. The largest absolute Gasteiger partial charge is 0.494 e. The fourth-order valence-electron chi connectivity index (χ4n) is 6.03. The molecule has 1 aliphatic heterocycles. The lowest BCUT2D eigenvalue weighted by molar-refractivity contribution is -0.137. The highest BCUT2D eigenvalue weighted by molar-refractivity contribution is 5.90. The summed E-state index contributed by atoms with van der Waals surface area (Å²) in [5.41, 5.74) is 3.53. The van der Waals surface area contributed by atoms with Crippen LogP contribution in [0.25, 0.3) is 10.8 Å². The van der Waals surface area contributed by atoms with Gasteiger partial charge in [0.05, 0.1) is 12.1 Å². The second-order valence-electron chi connectivity index (χ2n) is 11.0. The van der Waals surface area contributed by atoms with E-state index < -0.39 is 11.7 Å². The summed E-state index contributed by atoms with van der Waals surface area (Å²) >= 11 is 0. The molecule has 216 valence electrons. The van der Waals surface area contributed by atoms with Crippen LogP contribution in [0.3, 0.4) is 0 Å². The number of nitrogens with zero attached hydrogens (tertiary/aromatic N) is 3. The lowest BCUT2D eigenvalue weighted by atomic mass is 9.88. The normalized spacial score (nSPS) is 14.6. The number of aromatic nitrogens is 1. The Morgan fingerprint density at radius 1 is 0.738 bits per heavy atom. The first-order chi connectivity index (χ1) is 20.3. The predicted octanol–water partition coefficient (Wildman–Crippen LogP) is 7.76. The molecule has 4 nitrogen and oxygen atoms in total. The molecule has 0 radical (unpaired) electrons. The van der Waals surface area contributed by atoms with Crippen LogP contribution in [-0.2, 0) is 12.7 Å². The number of hydrogen-bond donors (Lipinski definition) is 1. The van der Waals surface area contributed by atoms with E-state index in [1.807, 2.05) is 12.1 Å². The Bertz CT molecular complexity index is 1580. The quantitative estimate of drug-likeness (QED) is 0.207. The molecule has 0 bridgehead atoms. The van der Waals surface area contributed by atoms with Crippen LogP contribution in [0.2, 0.25) is 0 Å². The third-order valence-electron chi connectivity index (χ3n) is 8.33. The SMILES string of the molecule is Oc1c2cc(N3CCN(CCC(c4ccccc4)c4ccccc4)CC3)ccc2cn1Cc1cccc(C(F)(F)F)c1. The van der Waals surface area contributed by atoms with Gasteiger partial charge in [-0.2, -0.15) is 13.2 Å². The molecule has 0 unspecified atom stereocenters. The highest BCUT2D eigenvalue weighted by Gasteiger charge is 2.30. The van der Waals surface area contributed by atoms with Crippen molar-refractivity contribution in [3.8, 4) is 5.88 Å². The Labute approximate surface area is 244 Å². The van der Waals surface area contributed by atoms with Crippen LogP contribution < -0.4 is 4.90 Å². The lowest BCUT2D eigenvalue weighted by Gasteiger charge is -2.36. The molecule has 6 rings (SSSR count). The van der Waals surface area contributed by atoms with Crippen LogP contribution in [-0.4, -0.2) is 47.3 Å². The topological polar surface area (TPSA) is 31.6 Å². The average molecular weight is 570 g/mol. The summed E-state index contributed by atoms with van der Waals surface area (Å²) in [6, 6.07) is 32.7. The van der Waals surface area contributed by atoms with Crippen molar-refractivity contribution in [2.24, 2.45) is 0 Å². The van der Waals surface area contributed by atoms with Gasteiger partial charge in [-0.15, -0.1) is 0 Å². The molecule has 0 atom stereocenters. The number of anilines is 1. The van der Waals surface area contributed by atoms with Crippen molar-refractivity contribution in [2.45, 2.75) is 25.1 Å². The van der Waals surface area contributed by atoms with Crippen LogP contribution in [0, 0.1) is 0 Å². The molecule has 1 saturated heterocycles. The van der Waals surface area contributed by atoms with Crippen LogP contribution in [0.15, 0.2) is 109 Å². The third kappa shape index (κ3) is 6.16. The highest BCUT2D eigenvalue weighted by Crippen LogP contribution is 2.34. The second-order valence-corrected chi connectivity index (χ2v) is 11.0. The van der Waals surface area contributed by atoms with Crippen molar-refractivity contribution in [2.75, 3.05) is 37.6 Å². The monoisotopic (exact) mass is 569 g/mol. The molecule has 42 heavy (non-hydrogen) atoms. The number of fused-ring (bicyclic) bond motifs is 1. The number of halogens is 3. The van der Waals surface area contributed by atoms with Gasteiger partial charge in [0, 0.05) is 54.8 Å². The second kappa shape index (κ2) is 11.9. The third-order valence-corrected chi connectivity index (χ3v) is 8.33. The molecule has 0 spiro atoms. The van der Waals surface area contributed by atoms with E-state index in [9.17, 15) is 18.3 Å². The van der Waals surface area contributed by atoms with E-state index in [1.165, 1.54) is 17.2 Å². The summed E-state index contributed by atoms with van der Waals surface area (Å²) < 4.78 is 41.1. The zero-order chi connectivity index (χ0) is 29.1. The van der Waals surface area contributed by atoms with Gasteiger partial charge in [-0.25, -0.2) is 0 Å². The Morgan fingerprint density at radius 3 is 2.05 bits per heavy atom. The van der Waals surface area contributed by atoms with Crippen LogP contribution >= 0.6 is 0 Å². The molecule has 0 aliphatic carbocycles. The highest BCUT2D eigenvalue weighted by atomic mass is 19.4. The van der Waals surface area contributed by atoms with Crippen molar-refractivity contribution in [1.29, 1.82) is 0 Å². The average Bonchev–Trinajstić information content (AvgIpc) is 3.32. The minimum Gasteiger partial charge on any atom is -0.494 e. The molecule has 7 heteroatoms. The van der Waals surface area contributed by atoms with Gasteiger partial charge in [0.25, 0.3) is 0 Å². The van der Waals surface area contributed by atoms with Gasteiger partial charge in [-0.1, -0.05) is 78.9 Å². The van der Waals surface area contributed by atoms with E-state index in [4.69, 9.17) is 0 Å². The van der Waals surface area contributed by atoms with Gasteiger partial charge >= 0.3 is 6.18 Å². The Morgan fingerprint density at radius 2 is 1.40 bits per heavy atom. The molecule has 5 aromatic rings. The van der Waals surface area contributed by atoms with E-state index in [2.05, 4.69) is 76.5 Å². The van der Waals surface area contributed by atoms with Crippen molar-refractivity contribution in [3.05, 3.63) is 132 Å². The number of alkyl halides is 3. The predicted molar refractivity (Wildman–Crippen MR) is 162 cm³/mol. The summed E-state index contributed by atoms with van der Waals surface area (Å²) in [7, 11) is 0. The lowest BCUT2D eigenvalue weighted by Crippen LogP contribution is -2.46. The van der Waals surface area contributed by atoms with E-state index in [0.29, 0.717) is 16.9 Å².